The molecule has 0 bridgehead atoms. The largest absolute Gasteiger partial charge is 0.381 e. The topological polar surface area (TPSA) is 144 Å². The highest BCUT2D eigenvalue weighted by atomic mass is 32.2. The van der Waals surface area contributed by atoms with E-state index >= 15 is 0 Å². The zero-order valence-electron chi connectivity index (χ0n) is 9.53. The molecular formula is C7H12N8O2S. The van der Waals surface area contributed by atoms with Gasteiger partial charge < -0.3 is 5.73 Å². The normalized spacial score (nSPS) is 11.8. The van der Waals surface area contributed by atoms with Crippen LogP contribution in [0.4, 0.5) is 5.82 Å². The lowest BCUT2D eigenvalue weighted by Crippen LogP contribution is -2.24. The van der Waals surface area contributed by atoms with Gasteiger partial charge in [-0.1, -0.05) is 5.21 Å². The monoisotopic (exact) mass is 272 g/mol. The quantitative estimate of drug-likeness (QED) is 0.599. The molecule has 0 amide bonds. The van der Waals surface area contributed by atoms with Crippen molar-refractivity contribution in [1.29, 1.82) is 0 Å². The molecule has 0 spiro atoms. The van der Waals surface area contributed by atoms with Crippen molar-refractivity contribution < 1.29 is 8.42 Å². The summed E-state index contributed by atoms with van der Waals surface area (Å²) in [6, 6.07) is 0. The Morgan fingerprint density at radius 2 is 2.33 bits per heavy atom. The number of tetrazole rings is 1. The van der Waals surface area contributed by atoms with Crippen LogP contribution in [0.25, 0.3) is 0 Å². The molecule has 11 heteroatoms. The van der Waals surface area contributed by atoms with E-state index in [-0.39, 0.29) is 23.1 Å². The molecule has 0 aliphatic carbocycles. The van der Waals surface area contributed by atoms with Crippen LogP contribution in [-0.2, 0) is 23.1 Å². The summed E-state index contributed by atoms with van der Waals surface area (Å²) < 4.78 is 27.6. The van der Waals surface area contributed by atoms with E-state index in [1.165, 1.54) is 10.9 Å². The molecule has 0 saturated carbocycles. The zero-order valence-corrected chi connectivity index (χ0v) is 10.3. The van der Waals surface area contributed by atoms with Gasteiger partial charge in [-0.15, -0.1) is 10.2 Å². The first-order chi connectivity index (χ1) is 8.53. The molecule has 98 valence electrons. The van der Waals surface area contributed by atoms with Gasteiger partial charge in [0, 0.05) is 12.7 Å². The van der Waals surface area contributed by atoms with Crippen molar-refractivity contribution in [2.75, 3.05) is 5.73 Å². The Bertz CT molecular complexity index is 616. The fourth-order valence-electron chi connectivity index (χ4n) is 1.28. The number of aromatic amines is 1. The van der Waals surface area contributed by atoms with Crippen LogP contribution in [0.5, 0.6) is 0 Å². The Kier molecular flexibility index (Phi) is 3.25. The first kappa shape index (κ1) is 12.4. The van der Waals surface area contributed by atoms with Gasteiger partial charge in [0.15, 0.2) is 11.6 Å². The number of nitrogen functional groups attached to an aromatic ring is 1. The average molecular weight is 272 g/mol. The number of rotatable bonds is 5. The lowest BCUT2D eigenvalue weighted by atomic mass is 10.6. The minimum atomic E-state index is -3.74. The van der Waals surface area contributed by atoms with Gasteiger partial charge in [-0.3, -0.25) is 4.68 Å². The first-order valence-corrected chi connectivity index (χ1v) is 6.56. The van der Waals surface area contributed by atoms with Gasteiger partial charge in [-0.05, 0) is 6.92 Å². The predicted molar refractivity (Wildman–Crippen MR) is 60.5 cm³/mol. The van der Waals surface area contributed by atoms with Gasteiger partial charge in [-0.25, -0.2) is 13.1 Å². The number of hydrogen-bond acceptors (Lipinski definition) is 7. The van der Waals surface area contributed by atoms with Gasteiger partial charge in [0.25, 0.3) is 0 Å². The van der Waals surface area contributed by atoms with E-state index in [4.69, 9.17) is 5.73 Å². The molecule has 2 heterocycles. The number of nitrogens with zero attached hydrogens (tertiary/aromatic N) is 5. The van der Waals surface area contributed by atoms with Crippen molar-refractivity contribution in [3.05, 3.63) is 12.0 Å². The maximum Gasteiger partial charge on any atom is 0.246 e. The Morgan fingerprint density at radius 1 is 1.56 bits per heavy atom. The molecular weight excluding hydrogens is 260 g/mol. The summed E-state index contributed by atoms with van der Waals surface area (Å²) in [6.45, 7) is 2.29. The molecule has 2 aromatic rings. The highest BCUT2D eigenvalue weighted by Crippen LogP contribution is 2.15. The third-order valence-electron chi connectivity index (χ3n) is 2.18. The van der Waals surface area contributed by atoms with E-state index in [0.717, 1.165) is 0 Å². The summed E-state index contributed by atoms with van der Waals surface area (Å²) in [5.41, 5.74) is 5.55. The Morgan fingerprint density at radius 3 is 2.89 bits per heavy atom. The van der Waals surface area contributed by atoms with E-state index in [2.05, 4.69) is 30.4 Å². The maximum atomic E-state index is 11.9. The molecule has 0 aliphatic rings. The number of nitrogens with one attached hydrogen (secondary N) is 2. The standard InChI is InChI=1S/C7H12N8O2S/c1-2-15-4-5(7(8)12-15)18(16,17)9-3-6-10-13-14-11-6/h4,9H,2-3H2,1H3,(H2,8,12)(H,10,11,13,14). The van der Waals surface area contributed by atoms with Crippen molar-refractivity contribution in [3.8, 4) is 0 Å². The molecule has 0 aromatic carbocycles. The Hall–Kier alpha value is -2.01. The van der Waals surface area contributed by atoms with Gasteiger partial charge in [0.2, 0.25) is 10.0 Å². The minimum Gasteiger partial charge on any atom is -0.381 e. The van der Waals surface area contributed by atoms with Crippen LogP contribution in [0.15, 0.2) is 11.1 Å². The summed E-state index contributed by atoms with van der Waals surface area (Å²) in [4.78, 5) is -0.0622. The number of H-pyrrole nitrogens is 1. The summed E-state index contributed by atoms with van der Waals surface area (Å²) in [5.74, 6) is 0.192. The van der Waals surface area contributed by atoms with Gasteiger partial charge in [0.1, 0.15) is 4.90 Å². The highest BCUT2D eigenvalue weighted by Gasteiger charge is 2.21. The number of hydrogen-bond donors (Lipinski definition) is 3. The summed E-state index contributed by atoms with van der Waals surface area (Å²) >= 11 is 0. The molecule has 2 rings (SSSR count). The fourth-order valence-corrected chi connectivity index (χ4v) is 2.33. The third-order valence-corrected chi connectivity index (χ3v) is 3.60. The van der Waals surface area contributed by atoms with Crippen LogP contribution < -0.4 is 10.5 Å². The number of nitrogens with two attached hydrogens (primary N) is 1. The van der Waals surface area contributed by atoms with Gasteiger partial charge in [0.05, 0.1) is 6.54 Å². The smallest absolute Gasteiger partial charge is 0.246 e. The lowest BCUT2D eigenvalue weighted by molar-refractivity contribution is 0.579. The predicted octanol–water partition coefficient (Wildman–Crippen LogP) is -1.52. The molecule has 0 fully saturated rings. The van der Waals surface area contributed by atoms with Crippen LogP contribution in [0.3, 0.4) is 0 Å². The van der Waals surface area contributed by atoms with E-state index in [0.29, 0.717) is 6.54 Å². The maximum absolute atomic E-state index is 11.9. The SMILES string of the molecule is CCn1cc(S(=O)(=O)NCc2nn[nH]n2)c(N)n1. The molecule has 2 aromatic heterocycles. The van der Waals surface area contributed by atoms with Crippen molar-refractivity contribution in [2.45, 2.75) is 24.9 Å². The highest BCUT2D eigenvalue weighted by molar-refractivity contribution is 7.89. The number of aryl methyl sites for hydroxylation is 1. The minimum absolute atomic E-state index is 0.0440. The van der Waals surface area contributed by atoms with Crippen molar-refractivity contribution in [3.63, 3.8) is 0 Å². The lowest BCUT2D eigenvalue weighted by Gasteiger charge is -2.02. The number of anilines is 1. The summed E-state index contributed by atoms with van der Waals surface area (Å²) in [7, 11) is -3.74. The molecule has 0 atom stereocenters. The second-order valence-electron chi connectivity index (χ2n) is 3.39. The molecule has 0 radical (unpaired) electrons. The van der Waals surface area contributed by atoms with Crippen molar-refractivity contribution >= 4 is 15.8 Å². The van der Waals surface area contributed by atoms with Gasteiger partial charge in [-0.2, -0.15) is 10.3 Å². The van der Waals surface area contributed by atoms with Crippen molar-refractivity contribution in [2.24, 2.45) is 0 Å². The number of aromatic nitrogens is 6. The first-order valence-electron chi connectivity index (χ1n) is 5.08. The van der Waals surface area contributed by atoms with E-state index in [9.17, 15) is 8.42 Å². The second-order valence-corrected chi connectivity index (χ2v) is 5.12. The molecule has 0 saturated heterocycles. The van der Waals surface area contributed by atoms with Crippen LogP contribution in [0, 0.1) is 0 Å². The Balaban J connectivity index is 2.17. The fraction of sp³-hybridized carbons (Fsp3) is 0.429. The van der Waals surface area contributed by atoms with Crippen LogP contribution in [0.1, 0.15) is 12.7 Å². The Labute approximate surface area is 103 Å². The van der Waals surface area contributed by atoms with Crippen molar-refractivity contribution in [1.82, 2.24) is 35.1 Å². The second kappa shape index (κ2) is 4.70. The summed E-state index contributed by atoms with van der Waals surface area (Å²) in [5, 5.41) is 16.7. The zero-order chi connectivity index (χ0) is 13.2. The van der Waals surface area contributed by atoms with E-state index in [1.54, 1.807) is 0 Å². The molecule has 4 N–H and O–H groups in total. The van der Waals surface area contributed by atoms with E-state index < -0.39 is 10.0 Å². The molecule has 18 heavy (non-hydrogen) atoms. The molecule has 0 aliphatic heterocycles. The molecule has 0 unspecified atom stereocenters. The van der Waals surface area contributed by atoms with Gasteiger partial charge >= 0.3 is 0 Å². The van der Waals surface area contributed by atoms with Crippen LogP contribution in [-0.4, -0.2) is 38.8 Å². The third kappa shape index (κ3) is 2.46. The number of sulfonamides is 1. The summed E-state index contributed by atoms with van der Waals surface area (Å²) in [6.07, 6.45) is 1.37. The van der Waals surface area contributed by atoms with E-state index in [1.807, 2.05) is 6.92 Å². The average Bonchev–Trinajstić information content (AvgIpc) is 2.95. The van der Waals surface area contributed by atoms with Crippen LogP contribution in [0.2, 0.25) is 0 Å². The van der Waals surface area contributed by atoms with Crippen LogP contribution >= 0.6 is 0 Å². The molecule has 10 nitrogen and oxygen atoms in total.